The van der Waals surface area contributed by atoms with Gasteiger partial charge in [-0.2, -0.15) is 0 Å². The molecule has 1 N–H and O–H groups in total. The number of hydrogen-bond donors (Lipinski definition) is 1. The second-order valence-corrected chi connectivity index (χ2v) is 8.49. The molecule has 0 saturated heterocycles. The molecule has 1 unspecified atom stereocenters. The molecule has 0 aliphatic rings. The lowest BCUT2D eigenvalue weighted by Gasteiger charge is -2.18. The highest BCUT2D eigenvalue weighted by Crippen LogP contribution is 2.39. The van der Waals surface area contributed by atoms with Crippen LogP contribution < -0.4 is 10.6 Å². The van der Waals surface area contributed by atoms with Crippen LogP contribution in [0.25, 0.3) is 0 Å². The van der Waals surface area contributed by atoms with Gasteiger partial charge in [-0.3, -0.25) is 0 Å². The minimum atomic E-state index is -2.64. The summed E-state index contributed by atoms with van der Waals surface area (Å²) in [6, 6.07) is 15.3. The maximum Gasteiger partial charge on any atom is 0.120 e. The number of aryl methyl sites for hydroxylation is 1. The summed E-state index contributed by atoms with van der Waals surface area (Å²) in [7, 11) is 0. The Balaban J connectivity index is 2.54. The number of halogens is 1. The van der Waals surface area contributed by atoms with Gasteiger partial charge in [0.2, 0.25) is 0 Å². The van der Waals surface area contributed by atoms with Gasteiger partial charge in [-0.25, -0.2) is 0 Å². The first-order valence-corrected chi connectivity index (χ1v) is 8.72. The molecule has 1 atom stereocenters. The molecular weight excluding hydrogens is 315 g/mol. The molecule has 0 aliphatic heterocycles. The molecule has 2 aromatic rings. The Morgan fingerprint density at radius 1 is 1.06 bits per heavy atom. The smallest absolute Gasteiger partial charge is 0.120 e. The van der Waals surface area contributed by atoms with E-state index in [1.165, 1.54) is 0 Å². The topological polar surface area (TPSA) is 20.2 Å². The summed E-state index contributed by atoms with van der Waals surface area (Å²) >= 11 is 8.84. The predicted octanol–water partition coefficient (Wildman–Crippen LogP) is 3.10. The standard InChI is InChI=1S/C13H12BrOPS/c1-10-4-2-3-5-13(10)16(15,17)12-8-6-11(14)7-9-12/h2-9H,1H3,(H,15,17). The maximum atomic E-state index is 10.6. The van der Waals surface area contributed by atoms with Gasteiger partial charge in [0.15, 0.2) is 0 Å². The van der Waals surface area contributed by atoms with E-state index in [2.05, 4.69) is 15.9 Å². The number of hydrogen-bond acceptors (Lipinski definition) is 1. The molecule has 1 nitrogen and oxygen atoms in total. The summed E-state index contributed by atoms with van der Waals surface area (Å²) in [5, 5.41) is 1.70. The van der Waals surface area contributed by atoms with E-state index in [4.69, 9.17) is 11.8 Å². The lowest BCUT2D eigenvalue weighted by Crippen LogP contribution is -2.17. The largest absolute Gasteiger partial charge is 0.358 e. The predicted molar refractivity (Wildman–Crippen MR) is 81.1 cm³/mol. The molecule has 2 rings (SSSR count). The van der Waals surface area contributed by atoms with E-state index in [-0.39, 0.29) is 0 Å². The molecule has 0 amide bonds. The molecule has 2 aromatic carbocycles. The first kappa shape index (κ1) is 13.0. The van der Waals surface area contributed by atoms with Gasteiger partial charge in [-0.15, -0.1) is 0 Å². The Bertz CT molecular complexity index is 580. The second-order valence-electron chi connectivity index (χ2n) is 3.84. The summed E-state index contributed by atoms with van der Waals surface area (Å²) in [5.41, 5.74) is 1.04. The fourth-order valence-electron chi connectivity index (χ4n) is 1.69. The third kappa shape index (κ3) is 2.69. The van der Waals surface area contributed by atoms with Gasteiger partial charge in [0.1, 0.15) is 6.26 Å². The van der Waals surface area contributed by atoms with Crippen LogP contribution >= 0.6 is 22.2 Å². The van der Waals surface area contributed by atoms with E-state index in [1.807, 2.05) is 55.5 Å². The van der Waals surface area contributed by atoms with E-state index in [1.54, 1.807) is 0 Å². The Morgan fingerprint density at radius 3 is 2.24 bits per heavy atom. The molecule has 0 aromatic heterocycles. The zero-order valence-electron chi connectivity index (χ0n) is 9.30. The summed E-state index contributed by atoms with van der Waals surface area (Å²) in [4.78, 5) is 10.6. The summed E-state index contributed by atoms with van der Waals surface area (Å²) in [6.45, 7) is 1.98. The van der Waals surface area contributed by atoms with Crippen LogP contribution in [0, 0.1) is 6.92 Å². The maximum absolute atomic E-state index is 10.6. The van der Waals surface area contributed by atoms with Crippen molar-refractivity contribution in [1.29, 1.82) is 0 Å². The van der Waals surface area contributed by atoms with Crippen molar-refractivity contribution < 1.29 is 4.89 Å². The van der Waals surface area contributed by atoms with Crippen molar-refractivity contribution in [2.45, 2.75) is 6.92 Å². The van der Waals surface area contributed by atoms with Gasteiger partial charge in [0, 0.05) is 15.1 Å². The van der Waals surface area contributed by atoms with Gasteiger partial charge >= 0.3 is 0 Å². The molecule has 17 heavy (non-hydrogen) atoms. The van der Waals surface area contributed by atoms with Gasteiger partial charge in [0.05, 0.1) is 0 Å². The van der Waals surface area contributed by atoms with Crippen molar-refractivity contribution >= 4 is 44.6 Å². The van der Waals surface area contributed by atoms with Gasteiger partial charge in [-0.05, 0) is 24.6 Å². The fraction of sp³-hybridized carbons (Fsp3) is 0.0769. The average Bonchev–Trinajstić information content (AvgIpc) is 2.30. The van der Waals surface area contributed by atoms with Gasteiger partial charge < -0.3 is 4.89 Å². The van der Waals surface area contributed by atoms with Crippen LogP contribution in [-0.4, -0.2) is 4.89 Å². The van der Waals surface area contributed by atoms with Crippen molar-refractivity contribution in [2.24, 2.45) is 0 Å². The Hall–Kier alpha value is -0.470. The van der Waals surface area contributed by atoms with E-state index in [0.717, 1.165) is 20.6 Å². The van der Waals surface area contributed by atoms with Crippen molar-refractivity contribution in [1.82, 2.24) is 0 Å². The van der Waals surface area contributed by atoms with Crippen molar-refractivity contribution in [3.8, 4) is 0 Å². The molecule has 0 aliphatic carbocycles. The summed E-state index contributed by atoms with van der Waals surface area (Å²) < 4.78 is 0.987. The number of benzene rings is 2. The number of rotatable bonds is 2. The van der Waals surface area contributed by atoms with Gasteiger partial charge in [-0.1, -0.05) is 64.1 Å². The lowest BCUT2D eigenvalue weighted by molar-refractivity contribution is 0.642. The molecule has 0 bridgehead atoms. The second kappa shape index (κ2) is 5.03. The molecular formula is C13H12BrOPS. The minimum Gasteiger partial charge on any atom is -0.358 e. The van der Waals surface area contributed by atoms with E-state index in [0.29, 0.717) is 0 Å². The lowest BCUT2D eigenvalue weighted by atomic mass is 10.2. The Kier molecular flexibility index (Phi) is 3.84. The normalized spacial score (nSPS) is 14.3. The highest BCUT2D eigenvalue weighted by Gasteiger charge is 2.20. The average molecular weight is 327 g/mol. The van der Waals surface area contributed by atoms with Crippen molar-refractivity contribution in [3.63, 3.8) is 0 Å². The zero-order chi connectivity index (χ0) is 12.5. The molecule has 0 fully saturated rings. The first-order chi connectivity index (χ1) is 8.01. The highest BCUT2D eigenvalue weighted by molar-refractivity contribution is 9.10. The fourth-order valence-corrected chi connectivity index (χ4v) is 4.60. The minimum absolute atomic E-state index is 0.824. The van der Waals surface area contributed by atoms with Crippen LogP contribution in [0.2, 0.25) is 0 Å². The molecule has 4 heteroatoms. The van der Waals surface area contributed by atoms with Crippen LogP contribution in [0.5, 0.6) is 0 Å². The Labute approximate surface area is 115 Å². The SMILES string of the molecule is Cc1ccccc1P(O)(=S)c1ccc(Br)cc1. The van der Waals surface area contributed by atoms with Crippen LogP contribution in [0.4, 0.5) is 0 Å². The zero-order valence-corrected chi connectivity index (χ0v) is 12.6. The van der Waals surface area contributed by atoms with Crippen LogP contribution in [-0.2, 0) is 11.8 Å². The quantitative estimate of drug-likeness (QED) is 0.856. The van der Waals surface area contributed by atoms with E-state index in [9.17, 15) is 4.89 Å². The van der Waals surface area contributed by atoms with Crippen molar-refractivity contribution in [2.75, 3.05) is 0 Å². The van der Waals surface area contributed by atoms with E-state index < -0.39 is 6.26 Å². The van der Waals surface area contributed by atoms with Gasteiger partial charge in [0.25, 0.3) is 0 Å². The van der Waals surface area contributed by atoms with Crippen molar-refractivity contribution in [3.05, 3.63) is 58.6 Å². The summed E-state index contributed by atoms with van der Waals surface area (Å²) in [5.74, 6) is 0. The third-order valence-electron chi connectivity index (χ3n) is 2.62. The summed E-state index contributed by atoms with van der Waals surface area (Å²) in [6.07, 6.45) is -2.64. The van der Waals surface area contributed by atoms with Crippen LogP contribution in [0.15, 0.2) is 53.0 Å². The third-order valence-corrected chi connectivity index (χ3v) is 6.52. The Morgan fingerprint density at radius 2 is 1.65 bits per heavy atom. The monoisotopic (exact) mass is 326 g/mol. The van der Waals surface area contributed by atoms with E-state index >= 15 is 0 Å². The molecule has 88 valence electrons. The molecule has 0 heterocycles. The molecule has 0 radical (unpaired) electrons. The molecule has 0 saturated carbocycles. The first-order valence-electron chi connectivity index (χ1n) is 5.17. The molecule has 0 spiro atoms. The van der Waals surface area contributed by atoms with Crippen LogP contribution in [0.3, 0.4) is 0 Å². The van der Waals surface area contributed by atoms with Crippen LogP contribution in [0.1, 0.15) is 5.56 Å². The highest BCUT2D eigenvalue weighted by atomic mass is 79.9.